The van der Waals surface area contributed by atoms with Gasteiger partial charge in [-0.15, -0.1) is 0 Å². The Balaban J connectivity index is 3.08. The maximum atomic E-state index is 12.5. The number of sulfonamides is 1. The first-order chi connectivity index (χ1) is 10.3. The Labute approximate surface area is 133 Å². The van der Waals surface area contributed by atoms with Crippen molar-refractivity contribution < 1.29 is 13.2 Å². The summed E-state index contributed by atoms with van der Waals surface area (Å²) in [5.74, 6) is -0.252. The van der Waals surface area contributed by atoms with E-state index in [0.717, 1.165) is 19.1 Å². The van der Waals surface area contributed by atoms with Gasteiger partial charge in [-0.1, -0.05) is 38.5 Å². The molecule has 1 N–H and O–H groups in total. The van der Waals surface area contributed by atoms with E-state index in [1.807, 2.05) is 26.8 Å². The number of anilines is 1. The largest absolute Gasteiger partial charge is 0.352 e. The summed E-state index contributed by atoms with van der Waals surface area (Å²) in [4.78, 5) is 12.5. The second-order valence-electron chi connectivity index (χ2n) is 5.52. The fraction of sp³-hybridized carbons (Fsp3) is 0.562. The van der Waals surface area contributed by atoms with Crippen LogP contribution in [0.5, 0.6) is 0 Å². The number of nitrogens with one attached hydrogen (secondary N) is 1. The zero-order chi connectivity index (χ0) is 16.8. The van der Waals surface area contributed by atoms with Gasteiger partial charge in [-0.3, -0.25) is 9.10 Å². The van der Waals surface area contributed by atoms with Crippen LogP contribution in [0.4, 0.5) is 5.69 Å². The summed E-state index contributed by atoms with van der Waals surface area (Å²) < 4.78 is 25.6. The minimum Gasteiger partial charge on any atom is -0.352 e. The molecule has 0 aliphatic heterocycles. The Hall–Kier alpha value is -1.56. The van der Waals surface area contributed by atoms with Gasteiger partial charge in [0.2, 0.25) is 15.9 Å². The highest BCUT2D eigenvalue weighted by molar-refractivity contribution is 7.92. The summed E-state index contributed by atoms with van der Waals surface area (Å²) in [5.41, 5.74) is 0.509. The standard InChI is InChI=1S/C16H26N2O3S/c1-5-10-13(3)17-16(19)15(6-2)18(22(4,20)21)14-11-8-7-9-12-14/h7-9,11-13,15H,5-6,10H2,1-4H3,(H,17,19). The molecule has 0 heterocycles. The van der Waals surface area contributed by atoms with E-state index in [0.29, 0.717) is 12.1 Å². The van der Waals surface area contributed by atoms with Crippen molar-refractivity contribution in [3.63, 3.8) is 0 Å². The number of hydrogen-bond acceptors (Lipinski definition) is 3. The molecule has 22 heavy (non-hydrogen) atoms. The monoisotopic (exact) mass is 326 g/mol. The van der Waals surface area contributed by atoms with Crippen LogP contribution >= 0.6 is 0 Å². The fourth-order valence-electron chi connectivity index (χ4n) is 2.48. The molecule has 1 amide bonds. The van der Waals surface area contributed by atoms with Gasteiger partial charge in [-0.05, 0) is 31.9 Å². The van der Waals surface area contributed by atoms with Gasteiger partial charge in [0.05, 0.1) is 11.9 Å². The molecule has 1 aromatic rings. The Bertz CT molecular complexity index is 572. The van der Waals surface area contributed by atoms with Gasteiger partial charge in [0.25, 0.3) is 0 Å². The molecule has 0 spiro atoms. The SMILES string of the molecule is CCCC(C)NC(=O)C(CC)N(c1ccccc1)S(C)(=O)=O. The second-order valence-corrected chi connectivity index (χ2v) is 7.38. The Morgan fingerprint density at radius 3 is 2.27 bits per heavy atom. The summed E-state index contributed by atoms with van der Waals surface area (Å²) in [7, 11) is -3.55. The maximum absolute atomic E-state index is 12.5. The van der Waals surface area contributed by atoms with E-state index in [1.54, 1.807) is 24.3 Å². The molecule has 124 valence electrons. The molecule has 1 rings (SSSR count). The normalized spacial score (nSPS) is 14.2. The highest BCUT2D eigenvalue weighted by Gasteiger charge is 2.31. The van der Waals surface area contributed by atoms with Crippen molar-refractivity contribution in [3.05, 3.63) is 30.3 Å². The average molecular weight is 326 g/mol. The first kappa shape index (κ1) is 18.5. The quantitative estimate of drug-likeness (QED) is 0.798. The van der Waals surface area contributed by atoms with Crippen LogP contribution in [0.3, 0.4) is 0 Å². The van der Waals surface area contributed by atoms with Crippen molar-refractivity contribution in [1.82, 2.24) is 5.32 Å². The molecule has 0 aliphatic carbocycles. The van der Waals surface area contributed by atoms with Crippen molar-refractivity contribution in [3.8, 4) is 0 Å². The molecule has 0 bridgehead atoms. The third-order valence-corrected chi connectivity index (χ3v) is 4.63. The number of benzene rings is 1. The van der Waals surface area contributed by atoms with Crippen LogP contribution in [0.2, 0.25) is 0 Å². The molecule has 5 nitrogen and oxygen atoms in total. The number of carbonyl (C=O) groups excluding carboxylic acids is 1. The molecular weight excluding hydrogens is 300 g/mol. The van der Waals surface area contributed by atoms with Gasteiger partial charge in [-0.2, -0.15) is 0 Å². The lowest BCUT2D eigenvalue weighted by Crippen LogP contribution is -2.51. The number of hydrogen-bond donors (Lipinski definition) is 1. The van der Waals surface area contributed by atoms with E-state index in [2.05, 4.69) is 5.32 Å². The van der Waals surface area contributed by atoms with E-state index in [4.69, 9.17) is 0 Å². The molecule has 1 aromatic carbocycles. The van der Waals surface area contributed by atoms with Crippen LogP contribution in [-0.2, 0) is 14.8 Å². The third kappa shape index (κ3) is 5.02. The van der Waals surface area contributed by atoms with E-state index in [-0.39, 0.29) is 11.9 Å². The molecule has 6 heteroatoms. The molecule has 0 aliphatic rings. The smallest absolute Gasteiger partial charge is 0.244 e. The van der Waals surface area contributed by atoms with Gasteiger partial charge in [0.1, 0.15) is 6.04 Å². The summed E-state index contributed by atoms with van der Waals surface area (Å²) in [6.45, 7) is 5.80. The van der Waals surface area contributed by atoms with Gasteiger partial charge >= 0.3 is 0 Å². The number of carbonyl (C=O) groups is 1. The Kier molecular flexibility index (Phi) is 6.87. The summed E-state index contributed by atoms with van der Waals surface area (Å²) in [5, 5.41) is 2.91. The summed E-state index contributed by atoms with van der Waals surface area (Å²) in [6, 6.07) is 8.03. The second kappa shape index (κ2) is 8.17. The fourth-order valence-corrected chi connectivity index (χ4v) is 3.69. The number of rotatable bonds is 8. The molecule has 0 radical (unpaired) electrons. The Morgan fingerprint density at radius 2 is 1.82 bits per heavy atom. The number of nitrogens with zero attached hydrogens (tertiary/aromatic N) is 1. The number of amides is 1. The van der Waals surface area contributed by atoms with Crippen LogP contribution in [0.25, 0.3) is 0 Å². The summed E-state index contributed by atoms with van der Waals surface area (Å²) >= 11 is 0. The first-order valence-electron chi connectivity index (χ1n) is 7.66. The van der Waals surface area contributed by atoms with Crippen LogP contribution in [-0.4, -0.2) is 32.7 Å². The highest BCUT2D eigenvalue weighted by Crippen LogP contribution is 2.22. The first-order valence-corrected chi connectivity index (χ1v) is 9.50. The minimum absolute atomic E-state index is 0.0312. The average Bonchev–Trinajstić information content (AvgIpc) is 2.44. The summed E-state index contributed by atoms with van der Waals surface area (Å²) in [6.07, 6.45) is 3.37. The molecule has 0 saturated carbocycles. The van der Waals surface area contributed by atoms with Crippen LogP contribution in [0.15, 0.2) is 30.3 Å². The van der Waals surface area contributed by atoms with E-state index in [9.17, 15) is 13.2 Å². The van der Waals surface area contributed by atoms with Gasteiger partial charge in [0, 0.05) is 6.04 Å². The van der Waals surface area contributed by atoms with Gasteiger partial charge in [0.15, 0.2) is 0 Å². The van der Waals surface area contributed by atoms with E-state index >= 15 is 0 Å². The lowest BCUT2D eigenvalue weighted by Gasteiger charge is -2.31. The van der Waals surface area contributed by atoms with Crippen LogP contribution < -0.4 is 9.62 Å². The van der Waals surface area contributed by atoms with Gasteiger partial charge < -0.3 is 5.32 Å². The lowest BCUT2D eigenvalue weighted by molar-refractivity contribution is -0.122. The van der Waals surface area contributed by atoms with E-state index in [1.165, 1.54) is 4.31 Å². The zero-order valence-electron chi connectivity index (χ0n) is 13.7. The molecule has 2 unspecified atom stereocenters. The van der Waals surface area contributed by atoms with E-state index < -0.39 is 16.1 Å². The van der Waals surface area contributed by atoms with Crippen LogP contribution in [0.1, 0.15) is 40.0 Å². The topological polar surface area (TPSA) is 66.5 Å². The molecule has 0 saturated heterocycles. The van der Waals surface area contributed by atoms with Gasteiger partial charge in [-0.25, -0.2) is 8.42 Å². The van der Waals surface area contributed by atoms with Crippen molar-refractivity contribution in [1.29, 1.82) is 0 Å². The molecule has 2 atom stereocenters. The lowest BCUT2D eigenvalue weighted by atomic mass is 10.1. The van der Waals surface area contributed by atoms with Crippen molar-refractivity contribution in [2.24, 2.45) is 0 Å². The van der Waals surface area contributed by atoms with Crippen molar-refractivity contribution in [2.45, 2.75) is 52.1 Å². The molecule has 0 aromatic heterocycles. The van der Waals surface area contributed by atoms with Crippen molar-refractivity contribution >= 4 is 21.6 Å². The molecule has 0 fully saturated rings. The highest BCUT2D eigenvalue weighted by atomic mass is 32.2. The molecular formula is C16H26N2O3S. The minimum atomic E-state index is -3.55. The zero-order valence-corrected chi connectivity index (χ0v) is 14.6. The predicted molar refractivity (Wildman–Crippen MR) is 90.4 cm³/mol. The maximum Gasteiger partial charge on any atom is 0.244 e. The van der Waals surface area contributed by atoms with Crippen LogP contribution in [0, 0.1) is 0 Å². The number of para-hydroxylation sites is 1. The van der Waals surface area contributed by atoms with Crippen molar-refractivity contribution in [2.75, 3.05) is 10.6 Å². The predicted octanol–water partition coefficient (Wildman–Crippen LogP) is 2.54. The Morgan fingerprint density at radius 1 is 1.23 bits per heavy atom. The third-order valence-electron chi connectivity index (χ3n) is 3.45.